The number of aromatic nitrogens is 2. The van der Waals surface area contributed by atoms with Crippen molar-refractivity contribution in [3.8, 4) is 0 Å². The number of hydrogen-bond acceptors (Lipinski definition) is 2. The van der Waals surface area contributed by atoms with E-state index in [0.29, 0.717) is 5.92 Å². The third-order valence-electron chi connectivity index (χ3n) is 4.45. The molecule has 3 nitrogen and oxygen atoms in total. The normalized spacial score (nSPS) is 19.3. The summed E-state index contributed by atoms with van der Waals surface area (Å²) in [4.78, 5) is 10.4. The molecule has 1 saturated heterocycles. The van der Waals surface area contributed by atoms with Crippen LogP contribution in [0, 0.1) is 0 Å². The molecule has 0 aliphatic carbocycles. The fourth-order valence-electron chi connectivity index (χ4n) is 3.34. The van der Waals surface area contributed by atoms with Crippen LogP contribution in [-0.4, -0.2) is 28.0 Å². The number of aromatic amines is 1. The Bertz CT molecular complexity index is 732. The van der Waals surface area contributed by atoms with Crippen LogP contribution in [0.5, 0.6) is 0 Å². The van der Waals surface area contributed by atoms with Crippen LogP contribution >= 0.6 is 0 Å². The highest BCUT2D eigenvalue weighted by Gasteiger charge is 2.25. The van der Waals surface area contributed by atoms with Gasteiger partial charge in [-0.2, -0.15) is 0 Å². The molecular formula is C18H19N3. The van der Waals surface area contributed by atoms with Crippen LogP contribution in [0.3, 0.4) is 0 Å². The van der Waals surface area contributed by atoms with Gasteiger partial charge in [0.2, 0.25) is 0 Å². The Morgan fingerprint density at radius 3 is 2.95 bits per heavy atom. The van der Waals surface area contributed by atoms with E-state index in [4.69, 9.17) is 0 Å². The van der Waals surface area contributed by atoms with Gasteiger partial charge in [-0.05, 0) is 36.7 Å². The lowest BCUT2D eigenvalue weighted by Gasteiger charge is -2.15. The van der Waals surface area contributed by atoms with E-state index in [1.165, 1.54) is 28.6 Å². The minimum Gasteiger partial charge on any atom is -0.361 e. The van der Waals surface area contributed by atoms with Gasteiger partial charge < -0.3 is 4.98 Å². The largest absolute Gasteiger partial charge is 0.361 e. The first kappa shape index (κ1) is 12.6. The molecule has 106 valence electrons. The lowest BCUT2D eigenvalue weighted by molar-refractivity contribution is 0.327. The highest BCUT2D eigenvalue weighted by atomic mass is 15.1. The third kappa shape index (κ3) is 2.45. The Morgan fingerprint density at radius 1 is 1.14 bits per heavy atom. The number of benzene rings is 1. The maximum atomic E-state index is 4.51. The number of hydrogen-bond donors (Lipinski definition) is 1. The zero-order chi connectivity index (χ0) is 14.1. The van der Waals surface area contributed by atoms with Gasteiger partial charge in [0.05, 0.1) is 0 Å². The minimum absolute atomic E-state index is 0.580. The lowest BCUT2D eigenvalue weighted by Crippen LogP contribution is -2.19. The second-order valence-corrected chi connectivity index (χ2v) is 5.83. The van der Waals surface area contributed by atoms with Crippen molar-refractivity contribution in [3.05, 3.63) is 66.1 Å². The van der Waals surface area contributed by atoms with E-state index in [1.807, 2.05) is 12.3 Å². The average Bonchev–Trinajstić information content (AvgIpc) is 3.17. The molecule has 0 radical (unpaired) electrons. The van der Waals surface area contributed by atoms with Crippen molar-refractivity contribution in [2.45, 2.75) is 18.9 Å². The smallest absolute Gasteiger partial charge is 0.0457 e. The Hall–Kier alpha value is -2.13. The van der Waals surface area contributed by atoms with Crippen LogP contribution in [0.4, 0.5) is 0 Å². The summed E-state index contributed by atoms with van der Waals surface area (Å²) in [6, 6.07) is 14.8. The fraction of sp³-hybridized carbons (Fsp3) is 0.278. The minimum atomic E-state index is 0.580. The summed E-state index contributed by atoms with van der Waals surface area (Å²) in [6.45, 7) is 3.28. The molecule has 21 heavy (non-hydrogen) atoms. The van der Waals surface area contributed by atoms with E-state index in [0.717, 1.165) is 19.6 Å². The number of rotatable bonds is 3. The van der Waals surface area contributed by atoms with Gasteiger partial charge in [-0.1, -0.05) is 24.3 Å². The van der Waals surface area contributed by atoms with Gasteiger partial charge in [-0.3, -0.25) is 9.88 Å². The van der Waals surface area contributed by atoms with E-state index in [2.05, 4.69) is 57.5 Å². The fourth-order valence-corrected chi connectivity index (χ4v) is 3.34. The monoisotopic (exact) mass is 277 g/mol. The second kappa shape index (κ2) is 5.34. The summed E-state index contributed by atoms with van der Waals surface area (Å²) in [5, 5.41) is 1.35. The first-order valence-electron chi connectivity index (χ1n) is 7.58. The van der Waals surface area contributed by atoms with Crippen molar-refractivity contribution >= 4 is 10.9 Å². The van der Waals surface area contributed by atoms with E-state index < -0.39 is 0 Å². The van der Waals surface area contributed by atoms with Gasteiger partial charge in [0.1, 0.15) is 0 Å². The molecule has 1 aliphatic rings. The molecule has 0 spiro atoms. The molecule has 1 fully saturated rings. The Labute approximate surface area is 124 Å². The maximum Gasteiger partial charge on any atom is 0.0457 e. The molecule has 3 aromatic rings. The maximum absolute atomic E-state index is 4.51. The molecule has 0 saturated carbocycles. The number of nitrogens with zero attached hydrogens (tertiary/aromatic N) is 2. The molecule has 1 N–H and O–H groups in total. The molecule has 1 aromatic carbocycles. The number of para-hydroxylation sites is 1. The number of H-pyrrole nitrogens is 1. The number of nitrogens with one attached hydrogen (secondary N) is 1. The quantitative estimate of drug-likeness (QED) is 0.794. The highest BCUT2D eigenvalue weighted by molar-refractivity contribution is 5.82. The average molecular weight is 277 g/mol. The first-order valence-corrected chi connectivity index (χ1v) is 7.58. The summed E-state index contributed by atoms with van der Waals surface area (Å²) in [6.07, 6.45) is 5.26. The first-order chi connectivity index (χ1) is 10.4. The van der Waals surface area contributed by atoms with Gasteiger partial charge in [0, 0.05) is 48.0 Å². The van der Waals surface area contributed by atoms with Crippen LogP contribution in [0.1, 0.15) is 23.6 Å². The zero-order valence-electron chi connectivity index (χ0n) is 12.0. The van der Waals surface area contributed by atoms with Gasteiger partial charge in [-0.25, -0.2) is 0 Å². The third-order valence-corrected chi connectivity index (χ3v) is 4.45. The Kier molecular flexibility index (Phi) is 3.20. The number of fused-ring (bicyclic) bond motifs is 1. The molecule has 1 aliphatic heterocycles. The summed E-state index contributed by atoms with van der Waals surface area (Å²) in [7, 11) is 0. The van der Waals surface area contributed by atoms with Crippen LogP contribution in [-0.2, 0) is 6.54 Å². The van der Waals surface area contributed by atoms with Crippen molar-refractivity contribution in [1.29, 1.82) is 0 Å². The van der Waals surface area contributed by atoms with E-state index in [1.54, 1.807) is 0 Å². The highest BCUT2D eigenvalue weighted by Crippen LogP contribution is 2.28. The molecule has 3 heterocycles. The Balaban J connectivity index is 1.49. The standard InChI is InChI=1S/C18H19N3/c1-2-7-18-16(5-1)15(11-20-18)13-21-10-8-14(12-21)17-6-3-4-9-19-17/h1-7,9,11,14,20H,8,10,12-13H2. The van der Waals surface area contributed by atoms with Crippen molar-refractivity contribution in [2.75, 3.05) is 13.1 Å². The molecule has 0 bridgehead atoms. The predicted molar refractivity (Wildman–Crippen MR) is 85.2 cm³/mol. The predicted octanol–water partition coefficient (Wildman–Crippen LogP) is 3.55. The molecule has 2 aromatic heterocycles. The van der Waals surface area contributed by atoms with Crippen LogP contribution in [0.15, 0.2) is 54.9 Å². The van der Waals surface area contributed by atoms with Crippen molar-refractivity contribution in [1.82, 2.24) is 14.9 Å². The van der Waals surface area contributed by atoms with Crippen molar-refractivity contribution in [3.63, 3.8) is 0 Å². The summed E-state index contributed by atoms with van der Waals surface area (Å²) >= 11 is 0. The SMILES string of the molecule is c1ccc(C2CCN(Cc3c[nH]c4ccccc34)C2)nc1. The van der Waals surface area contributed by atoms with Gasteiger partial charge in [-0.15, -0.1) is 0 Å². The van der Waals surface area contributed by atoms with Crippen LogP contribution in [0.2, 0.25) is 0 Å². The number of pyridine rings is 1. The van der Waals surface area contributed by atoms with E-state index in [9.17, 15) is 0 Å². The topological polar surface area (TPSA) is 31.9 Å². The van der Waals surface area contributed by atoms with E-state index in [-0.39, 0.29) is 0 Å². The zero-order valence-corrected chi connectivity index (χ0v) is 12.0. The van der Waals surface area contributed by atoms with Gasteiger partial charge >= 0.3 is 0 Å². The second-order valence-electron chi connectivity index (χ2n) is 5.83. The van der Waals surface area contributed by atoms with Gasteiger partial charge in [0.25, 0.3) is 0 Å². The van der Waals surface area contributed by atoms with Crippen molar-refractivity contribution in [2.24, 2.45) is 0 Å². The molecule has 1 atom stereocenters. The molecule has 3 heteroatoms. The summed E-state index contributed by atoms with van der Waals surface area (Å²) in [5.41, 5.74) is 3.86. The lowest BCUT2D eigenvalue weighted by atomic mass is 10.0. The van der Waals surface area contributed by atoms with Crippen LogP contribution in [0.25, 0.3) is 10.9 Å². The molecule has 0 amide bonds. The molecular weight excluding hydrogens is 258 g/mol. The Morgan fingerprint density at radius 2 is 2.05 bits per heavy atom. The van der Waals surface area contributed by atoms with Crippen molar-refractivity contribution < 1.29 is 0 Å². The number of likely N-dealkylation sites (tertiary alicyclic amines) is 1. The summed E-state index contributed by atoms with van der Waals surface area (Å²) in [5.74, 6) is 0.580. The van der Waals surface area contributed by atoms with E-state index >= 15 is 0 Å². The molecule has 4 rings (SSSR count). The molecule has 1 unspecified atom stereocenters. The summed E-state index contributed by atoms with van der Waals surface area (Å²) < 4.78 is 0. The van der Waals surface area contributed by atoms with Crippen LogP contribution < -0.4 is 0 Å². The van der Waals surface area contributed by atoms with Gasteiger partial charge in [0.15, 0.2) is 0 Å².